The highest BCUT2D eigenvalue weighted by molar-refractivity contribution is 9.09. The van der Waals surface area contributed by atoms with Crippen molar-refractivity contribution >= 4 is 15.9 Å². The molecule has 0 bridgehead atoms. The first-order valence-electron chi connectivity index (χ1n) is 5.68. The summed E-state index contributed by atoms with van der Waals surface area (Å²) in [6.07, 6.45) is 5.03. The minimum absolute atomic E-state index is 0.397. The Hall–Kier alpha value is -0.500. The minimum atomic E-state index is 0.397. The van der Waals surface area contributed by atoms with Gasteiger partial charge in [0.05, 0.1) is 0 Å². The van der Waals surface area contributed by atoms with Crippen molar-refractivity contribution < 1.29 is 4.74 Å². The molecule has 0 N–H and O–H groups in total. The number of alkyl halides is 1. The van der Waals surface area contributed by atoms with Gasteiger partial charge in [0, 0.05) is 11.2 Å². The molecule has 2 rings (SSSR count). The second kappa shape index (κ2) is 5.02. The molecule has 2 unspecified atom stereocenters. The van der Waals surface area contributed by atoms with E-state index in [-0.39, 0.29) is 0 Å². The zero-order valence-corrected chi connectivity index (χ0v) is 10.7. The Bertz CT molecular complexity index is 299. The fraction of sp³-hybridized carbons (Fsp3) is 0.538. The Morgan fingerprint density at radius 3 is 3.00 bits per heavy atom. The molecule has 0 saturated carbocycles. The number of rotatable bonds is 4. The van der Waals surface area contributed by atoms with Crippen LogP contribution >= 0.6 is 15.9 Å². The summed E-state index contributed by atoms with van der Waals surface area (Å²) < 4.78 is 5.88. The van der Waals surface area contributed by atoms with Crippen LogP contribution in [-0.4, -0.2) is 10.9 Å². The first-order valence-corrected chi connectivity index (χ1v) is 6.59. The van der Waals surface area contributed by atoms with E-state index in [1.165, 1.54) is 18.4 Å². The van der Waals surface area contributed by atoms with E-state index in [1.807, 2.05) is 6.07 Å². The van der Waals surface area contributed by atoms with E-state index in [2.05, 4.69) is 41.1 Å². The molecule has 0 aromatic heterocycles. The lowest BCUT2D eigenvalue weighted by atomic mass is 10.1. The zero-order chi connectivity index (χ0) is 10.7. The van der Waals surface area contributed by atoms with Crippen molar-refractivity contribution in [2.45, 2.75) is 43.5 Å². The molecule has 1 aromatic rings. The van der Waals surface area contributed by atoms with Crippen LogP contribution in [0.3, 0.4) is 0 Å². The summed E-state index contributed by atoms with van der Waals surface area (Å²) in [5, 5.41) is 0. The molecule has 2 atom stereocenters. The van der Waals surface area contributed by atoms with Gasteiger partial charge in [-0.05, 0) is 30.9 Å². The van der Waals surface area contributed by atoms with Crippen LogP contribution in [0.15, 0.2) is 24.3 Å². The second-order valence-electron chi connectivity index (χ2n) is 4.13. The molecule has 0 aliphatic carbocycles. The molecular weight excluding hydrogens is 252 g/mol. The highest BCUT2D eigenvalue weighted by atomic mass is 79.9. The first-order chi connectivity index (χ1) is 7.29. The van der Waals surface area contributed by atoms with Crippen LogP contribution in [-0.2, 0) is 6.42 Å². The maximum absolute atomic E-state index is 5.88. The van der Waals surface area contributed by atoms with E-state index >= 15 is 0 Å². The average Bonchev–Trinajstić information content (AvgIpc) is 2.68. The van der Waals surface area contributed by atoms with Gasteiger partial charge < -0.3 is 4.74 Å². The van der Waals surface area contributed by atoms with Crippen LogP contribution in [0.4, 0.5) is 0 Å². The molecular formula is C13H17BrO. The van der Waals surface area contributed by atoms with Crippen molar-refractivity contribution in [1.29, 1.82) is 0 Å². The molecule has 0 radical (unpaired) electrons. The lowest BCUT2D eigenvalue weighted by Gasteiger charge is -2.12. The molecule has 0 saturated heterocycles. The molecule has 1 aliphatic heterocycles. The van der Waals surface area contributed by atoms with Crippen LogP contribution in [0.25, 0.3) is 0 Å². The van der Waals surface area contributed by atoms with Crippen molar-refractivity contribution in [2.75, 3.05) is 0 Å². The van der Waals surface area contributed by atoms with Crippen molar-refractivity contribution in [3.8, 4) is 5.75 Å². The predicted octanol–water partition coefficient (Wildman–Crippen LogP) is 3.94. The maximum Gasteiger partial charge on any atom is 0.123 e. The molecule has 2 heteroatoms. The van der Waals surface area contributed by atoms with E-state index in [0.717, 1.165) is 18.6 Å². The summed E-state index contributed by atoms with van der Waals surface area (Å²) >= 11 is 3.66. The molecule has 1 aliphatic rings. The van der Waals surface area contributed by atoms with E-state index in [9.17, 15) is 0 Å². The summed E-state index contributed by atoms with van der Waals surface area (Å²) in [7, 11) is 0. The summed E-state index contributed by atoms with van der Waals surface area (Å²) in [6, 6.07) is 8.37. The Kier molecular flexibility index (Phi) is 3.68. The normalized spacial score (nSPS) is 20.8. The van der Waals surface area contributed by atoms with Crippen LogP contribution in [0.5, 0.6) is 5.75 Å². The van der Waals surface area contributed by atoms with Gasteiger partial charge in [-0.3, -0.25) is 0 Å². The van der Waals surface area contributed by atoms with Crippen LogP contribution in [0.2, 0.25) is 0 Å². The molecule has 15 heavy (non-hydrogen) atoms. The molecule has 0 amide bonds. The molecule has 0 spiro atoms. The maximum atomic E-state index is 5.88. The number of ether oxygens (including phenoxy) is 1. The molecule has 1 aromatic carbocycles. The Morgan fingerprint density at radius 2 is 2.27 bits per heavy atom. The van der Waals surface area contributed by atoms with Crippen molar-refractivity contribution in [1.82, 2.24) is 0 Å². The van der Waals surface area contributed by atoms with E-state index in [4.69, 9.17) is 4.74 Å². The second-order valence-corrected chi connectivity index (χ2v) is 5.43. The third-order valence-electron chi connectivity index (χ3n) is 2.96. The van der Waals surface area contributed by atoms with E-state index in [0.29, 0.717) is 10.9 Å². The minimum Gasteiger partial charge on any atom is -0.490 e. The van der Waals surface area contributed by atoms with Gasteiger partial charge in [0.25, 0.3) is 0 Å². The third kappa shape index (κ3) is 2.75. The van der Waals surface area contributed by atoms with Gasteiger partial charge in [-0.1, -0.05) is 41.1 Å². The van der Waals surface area contributed by atoms with Gasteiger partial charge in [0.1, 0.15) is 11.9 Å². The monoisotopic (exact) mass is 268 g/mol. The first kappa shape index (κ1) is 11.0. The van der Waals surface area contributed by atoms with Crippen LogP contribution < -0.4 is 4.74 Å². The zero-order valence-electron chi connectivity index (χ0n) is 9.08. The molecule has 1 heterocycles. The largest absolute Gasteiger partial charge is 0.490 e. The SMILES string of the molecule is CCC(Br)CCC1Cc2ccccc2O1. The Labute approximate surface area is 100.0 Å². The lowest BCUT2D eigenvalue weighted by molar-refractivity contribution is 0.217. The Morgan fingerprint density at radius 1 is 1.47 bits per heavy atom. The van der Waals surface area contributed by atoms with Crippen molar-refractivity contribution in [3.05, 3.63) is 29.8 Å². The molecule has 82 valence electrons. The summed E-state index contributed by atoms with van der Waals surface area (Å²) in [5.41, 5.74) is 1.37. The quantitative estimate of drug-likeness (QED) is 0.752. The number of benzene rings is 1. The smallest absolute Gasteiger partial charge is 0.123 e. The van der Waals surface area contributed by atoms with Gasteiger partial charge in [-0.25, -0.2) is 0 Å². The predicted molar refractivity (Wildman–Crippen MR) is 66.8 cm³/mol. The number of fused-ring (bicyclic) bond motifs is 1. The van der Waals surface area contributed by atoms with Crippen molar-refractivity contribution in [2.24, 2.45) is 0 Å². The van der Waals surface area contributed by atoms with Crippen LogP contribution in [0, 0.1) is 0 Å². The molecule has 1 nitrogen and oxygen atoms in total. The number of halogens is 1. The van der Waals surface area contributed by atoms with E-state index in [1.54, 1.807) is 0 Å². The highest BCUT2D eigenvalue weighted by Crippen LogP contribution is 2.30. The fourth-order valence-electron chi connectivity index (χ4n) is 1.99. The van der Waals surface area contributed by atoms with Gasteiger partial charge in [0.15, 0.2) is 0 Å². The summed E-state index contributed by atoms with van der Waals surface area (Å²) in [6.45, 7) is 2.21. The molecule has 0 fully saturated rings. The lowest BCUT2D eigenvalue weighted by Crippen LogP contribution is -2.14. The number of hydrogen-bond donors (Lipinski definition) is 0. The summed E-state index contributed by atoms with van der Waals surface area (Å²) in [4.78, 5) is 0.643. The van der Waals surface area contributed by atoms with Gasteiger partial charge >= 0.3 is 0 Å². The van der Waals surface area contributed by atoms with Gasteiger partial charge in [0.2, 0.25) is 0 Å². The van der Waals surface area contributed by atoms with E-state index < -0.39 is 0 Å². The average molecular weight is 269 g/mol. The van der Waals surface area contributed by atoms with Gasteiger partial charge in [-0.2, -0.15) is 0 Å². The topological polar surface area (TPSA) is 9.23 Å². The number of hydrogen-bond acceptors (Lipinski definition) is 1. The van der Waals surface area contributed by atoms with Crippen LogP contribution in [0.1, 0.15) is 31.7 Å². The fourth-order valence-corrected chi connectivity index (χ4v) is 2.25. The third-order valence-corrected chi connectivity index (χ3v) is 4.06. The Balaban J connectivity index is 1.85. The standard InChI is InChI=1S/C13H17BrO/c1-2-11(14)7-8-12-9-10-5-3-4-6-13(10)15-12/h3-6,11-12H,2,7-9H2,1H3. The van der Waals surface area contributed by atoms with Crippen molar-refractivity contribution in [3.63, 3.8) is 0 Å². The number of para-hydroxylation sites is 1. The highest BCUT2D eigenvalue weighted by Gasteiger charge is 2.22. The summed E-state index contributed by atoms with van der Waals surface area (Å²) in [5.74, 6) is 1.09. The van der Waals surface area contributed by atoms with Gasteiger partial charge in [-0.15, -0.1) is 0 Å².